The summed E-state index contributed by atoms with van der Waals surface area (Å²) in [5, 5.41) is 0.656. The summed E-state index contributed by atoms with van der Waals surface area (Å²) in [6.45, 7) is 8.81. The van der Waals surface area contributed by atoms with Crippen LogP contribution >= 0.6 is 24.0 Å². The van der Waals surface area contributed by atoms with Crippen molar-refractivity contribution in [3.63, 3.8) is 0 Å². The molecule has 0 saturated carbocycles. The average molecular weight is 351 g/mol. The van der Waals surface area contributed by atoms with Crippen molar-refractivity contribution in [2.45, 2.75) is 96.0 Å². The van der Waals surface area contributed by atoms with E-state index < -0.39 is 0 Å². The molecule has 4 nitrogen and oxygen atoms in total. The first-order chi connectivity index (χ1) is 10.5. The zero-order chi connectivity index (χ0) is 16.8. The normalized spacial score (nSPS) is 14.8. The fraction of sp³-hybridized carbons (Fsp3) is 1.00. The van der Waals surface area contributed by atoms with Gasteiger partial charge in [-0.2, -0.15) is 0 Å². The summed E-state index contributed by atoms with van der Waals surface area (Å²) in [4.78, 5) is 10.6. The van der Waals surface area contributed by atoms with Crippen LogP contribution in [-0.4, -0.2) is 10.5 Å². The van der Waals surface area contributed by atoms with Crippen molar-refractivity contribution in [3.8, 4) is 0 Å². The minimum absolute atomic E-state index is 0.133. The second-order valence-corrected chi connectivity index (χ2v) is 8.96. The van der Waals surface area contributed by atoms with E-state index in [9.17, 15) is 4.91 Å². The first-order valence-corrected chi connectivity index (χ1v) is 10.1. The maximum atomic E-state index is 10.6. The van der Waals surface area contributed by atoms with Crippen molar-refractivity contribution in [3.05, 3.63) is 4.91 Å². The van der Waals surface area contributed by atoms with Gasteiger partial charge in [0.05, 0.1) is 0 Å². The predicted molar refractivity (Wildman–Crippen MR) is 101 cm³/mol. The Labute approximate surface area is 145 Å². The number of rotatable bonds is 14. The van der Waals surface area contributed by atoms with E-state index in [1.165, 1.54) is 62.5 Å². The highest BCUT2D eigenvalue weighted by atomic mass is 32.2. The lowest BCUT2D eigenvalue weighted by Crippen LogP contribution is -2.25. The van der Waals surface area contributed by atoms with Gasteiger partial charge in [0.25, 0.3) is 0 Å². The second kappa shape index (κ2) is 13.6. The van der Waals surface area contributed by atoms with Crippen LogP contribution in [0.3, 0.4) is 0 Å². The van der Waals surface area contributed by atoms with Crippen LogP contribution in [0.2, 0.25) is 0 Å². The molecule has 0 radical (unpaired) electrons. The van der Waals surface area contributed by atoms with Gasteiger partial charge in [-0.1, -0.05) is 66.2 Å². The summed E-state index contributed by atoms with van der Waals surface area (Å²) in [6, 6.07) is 0. The Morgan fingerprint density at radius 1 is 1.05 bits per heavy atom. The summed E-state index contributed by atoms with van der Waals surface area (Å²) in [5.74, 6) is 5.22. The van der Waals surface area contributed by atoms with Gasteiger partial charge in [-0.3, -0.25) is 0 Å². The number of hydrogen-bond acceptors (Lipinski definition) is 6. The second-order valence-electron chi connectivity index (χ2n) is 6.98. The van der Waals surface area contributed by atoms with Crippen molar-refractivity contribution in [1.82, 2.24) is 0 Å². The van der Waals surface area contributed by atoms with E-state index >= 15 is 0 Å². The lowest BCUT2D eigenvalue weighted by Gasteiger charge is -2.29. The largest absolute Gasteiger partial charge is 0.234 e. The molecule has 0 spiro atoms. The first kappa shape index (κ1) is 22.2. The number of unbranched alkanes of at least 4 members (excludes halogenated alkanes) is 5. The van der Waals surface area contributed by atoms with Crippen molar-refractivity contribution in [2.75, 3.05) is 0 Å². The van der Waals surface area contributed by atoms with Gasteiger partial charge in [-0.05, 0) is 24.7 Å². The summed E-state index contributed by atoms with van der Waals surface area (Å²) in [6.07, 6.45) is 10.8. The predicted octanol–water partition coefficient (Wildman–Crippen LogP) is 6.25. The third kappa shape index (κ3) is 11.7. The highest BCUT2D eigenvalue weighted by Gasteiger charge is 2.27. The average Bonchev–Trinajstić information content (AvgIpc) is 2.45. The van der Waals surface area contributed by atoms with E-state index in [2.05, 4.69) is 32.3 Å². The van der Waals surface area contributed by atoms with Crippen LogP contribution in [0.4, 0.5) is 0 Å². The highest BCUT2D eigenvalue weighted by Crippen LogP contribution is 2.35. The smallest absolute Gasteiger partial charge is 0.0380 e. The molecule has 0 aromatic rings. The van der Waals surface area contributed by atoms with Crippen LogP contribution in [-0.2, 0) is 4.28 Å². The fourth-order valence-electron chi connectivity index (χ4n) is 2.49. The molecule has 0 aliphatic heterocycles. The molecule has 0 bridgehead atoms. The van der Waals surface area contributed by atoms with E-state index in [4.69, 9.17) is 10.2 Å². The molecule has 2 N–H and O–H groups in total. The molecule has 2 atom stereocenters. The summed E-state index contributed by atoms with van der Waals surface area (Å²) < 4.78 is 7.84. The molecule has 0 saturated heterocycles. The molecule has 0 amide bonds. The van der Waals surface area contributed by atoms with Crippen LogP contribution in [0.5, 0.6) is 0 Å². The molecule has 0 aliphatic rings. The summed E-state index contributed by atoms with van der Waals surface area (Å²) in [7, 11) is 0. The standard InChI is InChI=1S/C16H34N2O2S2/c1-5-6-7-8-9-10-11-14(21-18-19)12-13-15(22-20-17)16(2,3)4/h14-15H,5-13,17H2,1-4H3. The van der Waals surface area contributed by atoms with E-state index in [-0.39, 0.29) is 5.41 Å². The highest BCUT2D eigenvalue weighted by molar-refractivity contribution is 7.98. The maximum Gasteiger partial charge on any atom is 0.0380 e. The molecule has 22 heavy (non-hydrogen) atoms. The number of nitrogens with zero attached hydrogens (tertiary/aromatic N) is 1. The zero-order valence-corrected chi connectivity index (χ0v) is 16.3. The van der Waals surface area contributed by atoms with Crippen molar-refractivity contribution in [2.24, 2.45) is 15.9 Å². The van der Waals surface area contributed by atoms with E-state index in [1.54, 1.807) is 0 Å². The SMILES string of the molecule is CCCCCCCCC(CCC(SON)C(C)(C)C)SN=O. The Hall–Kier alpha value is 0.220. The third-order valence-electron chi connectivity index (χ3n) is 3.96. The Balaban J connectivity index is 4.08. The molecule has 132 valence electrons. The quantitative estimate of drug-likeness (QED) is 0.132. The topological polar surface area (TPSA) is 64.7 Å². The molecule has 0 aliphatic carbocycles. The van der Waals surface area contributed by atoms with Crippen LogP contribution in [0.15, 0.2) is 4.58 Å². The van der Waals surface area contributed by atoms with Gasteiger partial charge in [0.15, 0.2) is 0 Å². The molecule has 0 rings (SSSR count). The Kier molecular flexibility index (Phi) is 13.8. The Bertz CT molecular complexity index is 273. The zero-order valence-electron chi connectivity index (χ0n) is 14.7. The van der Waals surface area contributed by atoms with Crippen LogP contribution < -0.4 is 5.90 Å². The van der Waals surface area contributed by atoms with Crippen molar-refractivity contribution >= 4 is 24.0 Å². The first-order valence-electron chi connectivity index (χ1n) is 8.46. The Morgan fingerprint density at radius 3 is 2.23 bits per heavy atom. The molecule has 0 fully saturated rings. The van der Waals surface area contributed by atoms with Crippen LogP contribution in [0.1, 0.15) is 85.5 Å². The van der Waals surface area contributed by atoms with Crippen LogP contribution in [0, 0.1) is 10.3 Å². The third-order valence-corrected chi connectivity index (χ3v) is 6.10. The Morgan fingerprint density at radius 2 is 1.68 bits per heavy atom. The van der Waals surface area contributed by atoms with E-state index in [0.717, 1.165) is 19.3 Å². The molecule has 0 aromatic carbocycles. The van der Waals surface area contributed by atoms with E-state index in [1.807, 2.05) is 0 Å². The van der Waals surface area contributed by atoms with Crippen molar-refractivity contribution in [1.29, 1.82) is 0 Å². The van der Waals surface area contributed by atoms with Gasteiger partial charge in [-0.25, -0.2) is 10.2 Å². The fourth-order valence-corrected chi connectivity index (χ4v) is 3.78. The van der Waals surface area contributed by atoms with Gasteiger partial charge >= 0.3 is 0 Å². The molecular formula is C16H34N2O2S2. The lowest BCUT2D eigenvalue weighted by atomic mass is 9.88. The van der Waals surface area contributed by atoms with Gasteiger partial charge in [0, 0.05) is 39.1 Å². The number of nitrogens with two attached hydrogens (primary N) is 1. The minimum Gasteiger partial charge on any atom is -0.234 e. The van der Waals surface area contributed by atoms with Gasteiger partial charge in [0.2, 0.25) is 0 Å². The molecule has 0 heterocycles. The number of nitroso groups, excluding NO2 is 1. The van der Waals surface area contributed by atoms with Crippen LogP contribution in [0.25, 0.3) is 0 Å². The minimum atomic E-state index is 0.133. The number of hydrogen-bond donors (Lipinski definition) is 1. The van der Waals surface area contributed by atoms with Crippen molar-refractivity contribution < 1.29 is 4.28 Å². The van der Waals surface area contributed by atoms with Gasteiger partial charge in [0.1, 0.15) is 0 Å². The molecule has 2 unspecified atom stereocenters. The molecule has 0 aromatic heterocycles. The van der Waals surface area contributed by atoms with Gasteiger partial charge < -0.3 is 0 Å². The molecular weight excluding hydrogens is 316 g/mol. The lowest BCUT2D eigenvalue weighted by molar-refractivity contribution is 0.336. The van der Waals surface area contributed by atoms with E-state index in [0.29, 0.717) is 10.5 Å². The summed E-state index contributed by atoms with van der Waals surface area (Å²) >= 11 is 2.54. The monoisotopic (exact) mass is 350 g/mol. The maximum absolute atomic E-state index is 10.6. The summed E-state index contributed by atoms with van der Waals surface area (Å²) in [5.41, 5.74) is 0.133. The van der Waals surface area contributed by atoms with Gasteiger partial charge in [-0.15, -0.1) is 4.91 Å². The molecule has 6 heteroatoms.